The topological polar surface area (TPSA) is 101 Å². The summed E-state index contributed by atoms with van der Waals surface area (Å²) in [7, 11) is -3.89. The Morgan fingerprint density at radius 3 is 2.19 bits per heavy atom. The van der Waals surface area contributed by atoms with Crippen LogP contribution in [0.15, 0.2) is 77.7 Å². The van der Waals surface area contributed by atoms with Crippen LogP contribution in [0.1, 0.15) is 22.8 Å². The van der Waals surface area contributed by atoms with Gasteiger partial charge in [-0.05, 0) is 55.8 Å². The standard InChI is InChI=1S/C23H20N4O3S/c1-15-7-5-10-19(13-15)31(29,30)27-23-22(25-20-11-3-4-12-21(20)26-23)24-18-9-6-8-17(14-18)16(2)28/h3-14H,1-2H3,(H,24,25)(H,26,27). The van der Waals surface area contributed by atoms with E-state index < -0.39 is 10.0 Å². The number of benzene rings is 3. The molecule has 1 heterocycles. The molecular weight excluding hydrogens is 412 g/mol. The Morgan fingerprint density at radius 2 is 1.52 bits per heavy atom. The van der Waals surface area contributed by atoms with E-state index in [1.807, 2.05) is 19.1 Å². The molecule has 0 bridgehead atoms. The lowest BCUT2D eigenvalue weighted by atomic mass is 10.1. The summed E-state index contributed by atoms with van der Waals surface area (Å²) in [6, 6.07) is 20.7. The number of hydrogen-bond acceptors (Lipinski definition) is 6. The third kappa shape index (κ3) is 4.54. The van der Waals surface area contributed by atoms with Crippen LogP contribution in [0, 0.1) is 6.92 Å². The number of ketones is 1. The average Bonchev–Trinajstić information content (AvgIpc) is 2.74. The molecule has 0 atom stereocenters. The summed E-state index contributed by atoms with van der Waals surface area (Å²) in [4.78, 5) is 20.9. The molecule has 156 valence electrons. The number of fused-ring (bicyclic) bond motifs is 1. The molecule has 1 aromatic heterocycles. The fraction of sp³-hybridized carbons (Fsp3) is 0.0870. The van der Waals surface area contributed by atoms with E-state index in [0.717, 1.165) is 5.56 Å². The number of aromatic nitrogens is 2. The van der Waals surface area contributed by atoms with Gasteiger partial charge >= 0.3 is 0 Å². The second-order valence-electron chi connectivity index (χ2n) is 7.09. The van der Waals surface area contributed by atoms with Crippen LogP contribution in [-0.4, -0.2) is 24.2 Å². The van der Waals surface area contributed by atoms with Crippen LogP contribution in [0.25, 0.3) is 11.0 Å². The van der Waals surface area contributed by atoms with E-state index in [9.17, 15) is 13.2 Å². The van der Waals surface area contributed by atoms with Crippen molar-refractivity contribution in [3.8, 4) is 0 Å². The lowest BCUT2D eigenvalue weighted by Gasteiger charge is -2.14. The summed E-state index contributed by atoms with van der Waals surface area (Å²) in [5, 5.41) is 3.09. The minimum atomic E-state index is -3.89. The first-order chi connectivity index (χ1) is 14.8. The van der Waals surface area contributed by atoms with Gasteiger partial charge in [0, 0.05) is 11.3 Å². The van der Waals surface area contributed by atoms with Gasteiger partial charge < -0.3 is 5.32 Å². The Morgan fingerprint density at radius 1 is 0.839 bits per heavy atom. The molecule has 0 aliphatic carbocycles. The van der Waals surface area contributed by atoms with Crippen molar-refractivity contribution in [3.63, 3.8) is 0 Å². The van der Waals surface area contributed by atoms with Gasteiger partial charge in [-0.15, -0.1) is 0 Å². The van der Waals surface area contributed by atoms with Gasteiger partial charge in [0.2, 0.25) is 0 Å². The highest BCUT2D eigenvalue weighted by atomic mass is 32.2. The van der Waals surface area contributed by atoms with Crippen molar-refractivity contribution in [2.75, 3.05) is 10.0 Å². The monoisotopic (exact) mass is 432 g/mol. The Hall–Kier alpha value is -3.78. The SMILES string of the molecule is CC(=O)c1cccc(Nc2nc3ccccc3nc2NS(=O)(=O)c2cccc(C)c2)c1. The smallest absolute Gasteiger partial charge is 0.263 e. The number of nitrogens with zero attached hydrogens (tertiary/aromatic N) is 2. The number of Topliss-reactive ketones (excluding diaryl/α,β-unsaturated/α-hetero) is 1. The highest BCUT2D eigenvalue weighted by Gasteiger charge is 2.19. The van der Waals surface area contributed by atoms with E-state index in [1.165, 1.54) is 13.0 Å². The first-order valence-corrected chi connectivity index (χ1v) is 11.0. The van der Waals surface area contributed by atoms with Gasteiger partial charge in [-0.1, -0.05) is 36.4 Å². The highest BCUT2D eigenvalue weighted by molar-refractivity contribution is 7.92. The minimum absolute atomic E-state index is 0.0634. The fourth-order valence-electron chi connectivity index (χ4n) is 3.08. The molecule has 0 spiro atoms. The predicted molar refractivity (Wildman–Crippen MR) is 121 cm³/mol. The number of aryl methyl sites for hydroxylation is 1. The first kappa shape index (κ1) is 20.5. The average molecular weight is 433 g/mol. The summed E-state index contributed by atoms with van der Waals surface area (Å²) in [6.07, 6.45) is 0. The summed E-state index contributed by atoms with van der Waals surface area (Å²) in [5.41, 5.74) is 3.10. The second kappa shape index (κ2) is 8.16. The Kier molecular flexibility index (Phi) is 5.39. The number of carbonyl (C=O) groups excluding carboxylic acids is 1. The molecule has 0 radical (unpaired) electrons. The molecule has 0 unspecified atom stereocenters. The summed E-state index contributed by atoms with van der Waals surface area (Å²) < 4.78 is 28.5. The van der Waals surface area contributed by atoms with Crippen LogP contribution in [0.3, 0.4) is 0 Å². The number of hydrogen-bond donors (Lipinski definition) is 2. The second-order valence-corrected chi connectivity index (χ2v) is 8.78. The normalized spacial score (nSPS) is 11.3. The van der Waals surface area contributed by atoms with E-state index in [2.05, 4.69) is 20.0 Å². The molecule has 0 aliphatic heterocycles. The van der Waals surface area contributed by atoms with Crippen molar-refractivity contribution in [1.82, 2.24) is 9.97 Å². The number of anilines is 3. The number of carbonyl (C=O) groups is 1. The molecule has 0 amide bonds. The van der Waals surface area contributed by atoms with Gasteiger partial charge in [0.1, 0.15) is 0 Å². The summed E-state index contributed by atoms with van der Waals surface area (Å²) >= 11 is 0. The molecule has 4 aromatic rings. The van der Waals surface area contributed by atoms with Crippen LogP contribution < -0.4 is 10.0 Å². The van der Waals surface area contributed by atoms with Crippen molar-refractivity contribution in [2.45, 2.75) is 18.7 Å². The summed E-state index contributed by atoms with van der Waals surface area (Å²) in [6.45, 7) is 3.31. The zero-order valence-electron chi connectivity index (χ0n) is 17.0. The predicted octanol–water partition coefficient (Wildman–Crippen LogP) is 4.69. The molecule has 3 aromatic carbocycles. The van der Waals surface area contributed by atoms with E-state index in [0.29, 0.717) is 22.3 Å². The van der Waals surface area contributed by atoms with E-state index in [1.54, 1.807) is 54.6 Å². The summed E-state index contributed by atoms with van der Waals surface area (Å²) in [5.74, 6) is 0.220. The van der Waals surface area contributed by atoms with Gasteiger partial charge in [0.05, 0.1) is 15.9 Å². The van der Waals surface area contributed by atoms with Crippen molar-refractivity contribution in [1.29, 1.82) is 0 Å². The van der Waals surface area contributed by atoms with Crippen molar-refractivity contribution >= 4 is 44.2 Å². The molecule has 2 N–H and O–H groups in total. The Labute approximate surface area is 180 Å². The van der Waals surface area contributed by atoms with E-state index in [-0.39, 0.29) is 22.3 Å². The van der Waals surface area contributed by atoms with E-state index in [4.69, 9.17) is 0 Å². The first-order valence-electron chi connectivity index (χ1n) is 9.56. The van der Waals surface area contributed by atoms with Crippen LogP contribution in [0.2, 0.25) is 0 Å². The van der Waals surface area contributed by atoms with Crippen molar-refractivity contribution in [3.05, 3.63) is 83.9 Å². The number of nitrogens with one attached hydrogen (secondary N) is 2. The largest absolute Gasteiger partial charge is 0.337 e. The molecule has 0 fully saturated rings. The van der Waals surface area contributed by atoms with Crippen molar-refractivity contribution in [2.24, 2.45) is 0 Å². The molecule has 0 saturated carbocycles. The molecule has 0 saturated heterocycles. The fourth-order valence-corrected chi connectivity index (χ4v) is 4.19. The lowest BCUT2D eigenvalue weighted by molar-refractivity contribution is 0.101. The maximum absolute atomic E-state index is 13.0. The maximum Gasteiger partial charge on any atom is 0.263 e. The van der Waals surface area contributed by atoms with Crippen LogP contribution in [0.4, 0.5) is 17.3 Å². The number of sulfonamides is 1. The number of para-hydroxylation sites is 2. The van der Waals surface area contributed by atoms with E-state index >= 15 is 0 Å². The Balaban J connectivity index is 1.78. The molecule has 7 nitrogen and oxygen atoms in total. The van der Waals surface area contributed by atoms with Gasteiger partial charge in [0.25, 0.3) is 10.0 Å². The highest BCUT2D eigenvalue weighted by Crippen LogP contribution is 2.27. The third-order valence-electron chi connectivity index (χ3n) is 4.63. The van der Waals surface area contributed by atoms with Crippen LogP contribution >= 0.6 is 0 Å². The third-order valence-corrected chi connectivity index (χ3v) is 5.97. The zero-order chi connectivity index (χ0) is 22.0. The molecule has 31 heavy (non-hydrogen) atoms. The maximum atomic E-state index is 13.0. The van der Waals surface area contributed by atoms with Gasteiger partial charge in [-0.3, -0.25) is 9.52 Å². The quantitative estimate of drug-likeness (QED) is 0.429. The van der Waals surface area contributed by atoms with Gasteiger partial charge in [0.15, 0.2) is 17.4 Å². The van der Waals surface area contributed by atoms with Crippen molar-refractivity contribution < 1.29 is 13.2 Å². The zero-order valence-corrected chi connectivity index (χ0v) is 17.8. The molecule has 0 aliphatic rings. The van der Waals surface area contributed by atoms with Crippen LogP contribution in [0.5, 0.6) is 0 Å². The van der Waals surface area contributed by atoms with Gasteiger partial charge in [-0.2, -0.15) is 0 Å². The Bertz CT molecular complexity index is 1400. The lowest BCUT2D eigenvalue weighted by Crippen LogP contribution is -2.16. The number of rotatable bonds is 6. The van der Waals surface area contributed by atoms with Crippen LogP contribution in [-0.2, 0) is 10.0 Å². The molecular formula is C23H20N4O3S. The molecule has 8 heteroatoms. The minimum Gasteiger partial charge on any atom is -0.337 e. The van der Waals surface area contributed by atoms with Gasteiger partial charge in [-0.25, -0.2) is 18.4 Å². The molecule has 4 rings (SSSR count).